The number of rotatable bonds is 5. The van der Waals surface area contributed by atoms with Crippen LogP contribution >= 0.6 is 0 Å². The van der Waals surface area contributed by atoms with E-state index in [0.29, 0.717) is 26.2 Å². The average Bonchev–Trinajstić information content (AvgIpc) is 3.41. The van der Waals surface area contributed by atoms with Gasteiger partial charge >= 0.3 is 5.97 Å². The smallest absolute Gasteiger partial charge is 0.309 e. The molecule has 0 bridgehead atoms. The fourth-order valence-electron chi connectivity index (χ4n) is 3.26. The molecular formula is C18H22FNO4. The molecule has 1 amide bonds. The molecule has 1 saturated heterocycles. The van der Waals surface area contributed by atoms with Gasteiger partial charge in [0.25, 0.3) is 0 Å². The molecule has 6 heteroatoms. The lowest BCUT2D eigenvalue weighted by Gasteiger charge is -2.34. The Morgan fingerprint density at radius 2 is 1.88 bits per heavy atom. The summed E-state index contributed by atoms with van der Waals surface area (Å²) in [5.41, 5.74) is 0.881. The molecule has 1 saturated carbocycles. The maximum atomic E-state index is 13.1. The van der Waals surface area contributed by atoms with E-state index in [2.05, 4.69) is 0 Å². The Morgan fingerprint density at radius 3 is 2.50 bits per heavy atom. The van der Waals surface area contributed by atoms with Crippen molar-refractivity contribution in [2.45, 2.75) is 31.8 Å². The standard InChI is InChI=1S/C18H22FNO4/c1-23-18(22)16-10-15(16)17(21)20(14-6-8-24-9-7-14)11-12-2-4-13(19)5-3-12/h2-5,14-16H,6-11H2,1H3/t15-,16+/m0/s1. The number of hydrogen-bond acceptors (Lipinski definition) is 4. The Morgan fingerprint density at radius 1 is 1.21 bits per heavy atom. The average molecular weight is 335 g/mol. The van der Waals surface area contributed by atoms with E-state index in [4.69, 9.17) is 9.47 Å². The number of carbonyl (C=O) groups is 2. The Bertz CT molecular complexity index is 598. The van der Waals surface area contributed by atoms with Crippen molar-refractivity contribution in [3.8, 4) is 0 Å². The van der Waals surface area contributed by atoms with E-state index < -0.39 is 0 Å². The summed E-state index contributed by atoms with van der Waals surface area (Å²) in [7, 11) is 1.34. The van der Waals surface area contributed by atoms with Crippen molar-refractivity contribution in [1.29, 1.82) is 0 Å². The lowest BCUT2D eigenvalue weighted by Crippen LogP contribution is -2.44. The van der Waals surface area contributed by atoms with Gasteiger partial charge in [0.05, 0.1) is 18.9 Å². The SMILES string of the molecule is COC(=O)[C@@H]1C[C@@H]1C(=O)N(Cc1ccc(F)cc1)C1CCOCC1. The summed E-state index contributed by atoms with van der Waals surface area (Å²) in [5.74, 6) is -1.24. The highest BCUT2D eigenvalue weighted by molar-refractivity contribution is 5.90. The van der Waals surface area contributed by atoms with E-state index in [1.807, 2.05) is 4.90 Å². The number of carbonyl (C=O) groups excluding carboxylic acids is 2. The molecule has 5 nitrogen and oxygen atoms in total. The van der Waals surface area contributed by atoms with E-state index in [9.17, 15) is 14.0 Å². The molecule has 130 valence electrons. The molecule has 1 aliphatic heterocycles. The first-order valence-corrected chi connectivity index (χ1v) is 8.30. The second-order valence-corrected chi connectivity index (χ2v) is 6.41. The largest absolute Gasteiger partial charge is 0.469 e. The molecule has 1 aliphatic carbocycles. The molecule has 0 unspecified atom stereocenters. The van der Waals surface area contributed by atoms with Gasteiger partial charge in [-0.2, -0.15) is 0 Å². The van der Waals surface area contributed by atoms with E-state index in [-0.39, 0.29) is 35.6 Å². The highest BCUT2D eigenvalue weighted by Crippen LogP contribution is 2.42. The van der Waals surface area contributed by atoms with Gasteiger partial charge < -0.3 is 14.4 Å². The molecule has 0 N–H and O–H groups in total. The van der Waals surface area contributed by atoms with Gasteiger partial charge in [0.15, 0.2) is 0 Å². The fourth-order valence-corrected chi connectivity index (χ4v) is 3.26. The fraction of sp³-hybridized carbons (Fsp3) is 0.556. The minimum absolute atomic E-state index is 0.0124. The zero-order valence-electron chi connectivity index (χ0n) is 13.7. The van der Waals surface area contributed by atoms with Crippen molar-refractivity contribution in [2.75, 3.05) is 20.3 Å². The lowest BCUT2D eigenvalue weighted by atomic mass is 10.0. The minimum atomic E-state index is -0.321. The molecule has 2 atom stereocenters. The van der Waals surface area contributed by atoms with Crippen LogP contribution in [0.15, 0.2) is 24.3 Å². The molecule has 1 heterocycles. The number of esters is 1. The second-order valence-electron chi connectivity index (χ2n) is 6.41. The summed E-state index contributed by atoms with van der Waals surface area (Å²) in [6, 6.07) is 6.28. The zero-order valence-corrected chi connectivity index (χ0v) is 13.7. The van der Waals surface area contributed by atoms with Gasteiger partial charge in [0.2, 0.25) is 5.91 Å². The van der Waals surface area contributed by atoms with E-state index in [1.54, 1.807) is 12.1 Å². The Hall–Kier alpha value is -1.95. The van der Waals surface area contributed by atoms with Crippen LogP contribution in [0.25, 0.3) is 0 Å². The number of methoxy groups -OCH3 is 1. The molecule has 3 rings (SSSR count). The van der Waals surface area contributed by atoms with Crippen LogP contribution in [0.3, 0.4) is 0 Å². The normalized spacial score (nSPS) is 23.6. The van der Waals surface area contributed by atoms with Gasteiger partial charge in [-0.1, -0.05) is 12.1 Å². The van der Waals surface area contributed by atoms with Crippen molar-refractivity contribution in [3.05, 3.63) is 35.6 Å². The van der Waals surface area contributed by atoms with Crippen molar-refractivity contribution in [1.82, 2.24) is 4.90 Å². The third-order valence-electron chi connectivity index (χ3n) is 4.79. The van der Waals surface area contributed by atoms with Crippen LogP contribution in [0.2, 0.25) is 0 Å². The van der Waals surface area contributed by atoms with Crippen molar-refractivity contribution in [3.63, 3.8) is 0 Å². The van der Waals surface area contributed by atoms with Crippen LogP contribution in [0.1, 0.15) is 24.8 Å². The monoisotopic (exact) mass is 335 g/mol. The van der Waals surface area contributed by atoms with E-state index in [0.717, 1.165) is 18.4 Å². The topological polar surface area (TPSA) is 55.8 Å². The van der Waals surface area contributed by atoms with Crippen LogP contribution in [0, 0.1) is 17.7 Å². The van der Waals surface area contributed by atoms with E-state index >= 15 is 0 Å². The first kappa shape index (κ1) is 16.9. The molecule has 1 aromatic carbocycles. The van der Waals surface area contributed by atoms with Gasteiger partial charge in [-0.15, -0.1) is 0 Å². The molecular weight excluding hydrogens is 313 g/mol. The summed E-state index contributed by atoms with van der Waals surface area (Å²) in [6.45, 7) is 1.68. The Kier molecular flexibility index (Phi) is 5.14. The number of ether oxygens (including phenoxy) is 2. The third-order valence-corrected chi connectivity index (χ3v) is 4.79. The first-order valence-electron chi connectivity index (χ1n) is 8.30. The molecule has 1 aromatic rings. The maximum Gasteiger partial charge on any atom is 0.309 e. The predicted molar refractivity (Wildman–Crippen MR) is 84.4 cm³/mol. The summed E-state index contributed by atoms with van der Waals surface area (Å²) in [6.07, 6.45) is 2.11. The number of hydrogen-bond donors (Lipinski definition) is 0. The predicted octanol–water partition coefficient (Wildman–Crippen LogP) is 2.14. The molecule has 0 aromatic heterocycles. The van der Waals surface area contributed by atoms with Gasteiger partial charge in [0, 0.05) is 25.8 Å². The minimum Gasteiger partial charge on any atom is -0.469 e. The van der Waals surface area contributed by atoms with Crippen molar-refractivity contribution >= 4 is 11.9 Å². The van der Waals surface area contributed by atoms with E-state index in [1.165, 1.54) is 19.2 Å². The van der Waals surface area contributed by atoms with Crippen LogP contribution in [-0.4, -0.2) is 43.1 Å². The highest BCUT2D eigenvalue weighted by Gasteiger charge is 2.51. The molecule has 0 spiro atoms. The maximum absolute atomic E-state index is 13.1. The number of benzene rings is 1. The van der Waals surface area contributed by atoms with Gasteiger partial charge in [-0.25, -0.2) is 4.39 Å². The summed E-state index contributed by atoms with van der Waals surface area (Å²) >= 11 is 0. The van der Waals surface area contributed by atoms with Crippen LogP contribution in [0.4, 0.5) is 4.39 Å². The molecule has 0 radical (unpaired) electrons. The third kappa shape index (κ3) is 3.75. The van der Waals surface area contributed by atoms with Crippen LogP contribution < -0.4 is 0 Å². The Balaban J connectivity index is 1.73. The molecule has 24 heavy (non-hydrogen) atoms. The van der Waals surface area contributed by atoms with Crippen LogP contribution in [-0.2, 0) is 25.6 Å². The van der Waals surface area contributed by atoms with Gasteiger partial charge in [-0.05, 0) is 37.0 Å². The van der Waals surface area contributed by atoms with Gasteiger partial charge in [-0.3, -0.25) is 9.59 Å². The number of nitrogens with zero attached hydrogens (tertiary/aromatic N) is 1. The van der Waals surface area contributed by atoms with Gasteiger partial charge in [0.1, 0.15) is 5.82 Å². The molecule has 2 aliphatic rings. The Labute approximate surface area is 140 Å². The van der Waals surface area contributed by atoms with Crippen molar-refractivity contribution < 1.29 is 23.5 Å². The highest BCUT2D eigenvalue weighted by atomic mass is 19.1. The van der Waals surface area contributed by atoms with Crippen molar-refractivity contribution in [2.24, 2.45) is 11.8 Å². The number of halogens is 1. The summed E-state index contributed by atoms with van der Waals surface area (Å²) in [4.78, 5) is 26.4. The second kappa shape index (κ2) is 7.30. The van der Waals surface area contributed by atoms with Crippen LogP contribution in [0.5, 0.6) is 0 Å². The first-order chi connectivity index (χ1) is 11.6. The molecule has 2 fully saturated rings. The quantitative estimate of drug-likeness (QED) is 0.774. The summed E-state index contributed by atoms with van der Waals surface area (Å²) in [5, 5.41) is 0. The lowest BCUT2D eigenvalue weighted by molar-refractivity contribution is -0.146. The number of amides is 1. The summed E-state index contributed by atoms with van der Waals surface area (Å²) < 4.78 is 23.2. The zero-order chi connectivity index (χ0) is 17.1.